The zero-order chi connectivity index (χ0) is 23.7. The van der Waals surface area contributed by atoms with E-state index in [9.17, 15) is 0 Å². The SMILES string of the molecule is CC(C)N1CCC2CN(C(C)(C)CCC(C)N3CC4(C)CN(C(C)(C)C)CC4(C)C3)C2C1. The number of nitrogens with zero attached hydrogens (tertiary/aromatic N) is 4. The van der Waals surface area contributed by atoms with Gasteiger partial charge in [0, 0.05) is 79.3 Å². The van der Waals surface area contributed by atoms with Crippen LogP contribution >= 0.6 is 0 Å². The molecule has 0 spiro atoms. The van der Waals surface area contributed by atoms with Gasteiger partial charge < -0.3 is 0 Å². The molecule has 32 heavy (non-hydrogen) atoms. The van der Waals surface area contributed by atoms with Crippen molar-refractivity contribution in [1.29, 1.82) is 0 Å². The Kier molecular flexibility index (Phi) is 6.40. The average molecular weight is 447 g/mol. The molecular formula is C28H54N4. The summed E-state index contributed by atoms with van der Waals surface area (Å²) in [6, 6.07) is 2.17. The van der Waals surface area contributed by atoms with Crippen LogP contribution in [0.15, 0.2) is 0 Å². The van der Waals surface area contributed by atoms with Gasteiger partial charge in [-0.2, -0.15) is 0 Å². The Hall–Kier alpha value is -0.160. The summed E-state index contributed by atoms with van der Waals surface area (Å²) in [5, 5.41) is 0. The molecule has 4 saturated heterocycles. The molecule has 186 valence electrons. The van der Waals surface area contributed by atoms with Crippen LogP contribution in [0, 0.1) is 16.7 Å². The molecule has 0 amide bonds. The molecule has 0 aromatic carbocycles. The molecule has 4 nitrogen and oxygen atoms in total. The van der Waals surface area contributed by atoms with Gasteiger partial charge in [0.2, 0.25) is 0 Å². The number of piperidine rings is 1. The lowest BCUT2D eigenvalue weighted by molar-refractivity contribution is -0.108. The van der Waals surface area contributed by atoms with Crippen LogP contribution in [0.5, 0.6) is 0 Å². The predicted octanol–water partition coefficient (Wildman–Crippen LogP) is 4.79. The number of rotatable bonds is 6. The molecule has 0 radical (unpaired) electrons. The van der Waals surface area contributed by atoms with Crippen LogP contribution in [-0.2, 0) is 0 Å². The topological polar surface area (TPSA) is 13.0 Å². The second-order valence-electron chi connectivity index (χ2n) is 14.6. The van der Waals surface area contributed by atoms with Gasteiger partial charge in [0.25, 0.3) is 0 Å². The van der Waals surface area contributed by atoms with Gasteiger partial charge in [0.1, 0.15) is 0 Å². The van der Waals surface area contributed by atoms with E-state index in [0.717, 1.165) is 12.0 Å². The van der Waals surface area contributed by atoms with E-state index >= 15 is 0 Å². The highest BCUT2D eigenvalue weighted by Gasteiger charge is 2.59. The van der Waals surface area contributed by atoms with Crippen LogP contribution in [0.4, 0.5) is 0 Å². The largest absolute Gasteiger partial charge is 0.299 e. The first kappa shape index (κ1) is 24.9. The number of fused-ring (bicyclic) bond motifs is 2. The minimum atomic E-state index is 0.288. The van der Waals surface area contributed by atoms with E-state index < -0.39 is 0 Å². The van der Waals surface area contributed by atoms with E-state index in [1.807, 2.05) is 0 Å². The molecule has 0 saturated carbocycles. The van der Waals surface area contributed by atoms with Crippen molar-refractivity contribution >= 4 is 0 Å². The molecule has 0 aliphatic carbocycles. The molecule has 4 heteroatoms. The summed E-state index contributed by atoms with van der Waals surface area (Å²) in [4.78, 5) is 11.2. The second kappa shape index (κ2) is 8.21. The third-order valence-corrected chi connectivity index (χ3v) is 10.5. The van der Waals surface area contributed by atoms with Gasteiger partial charge in [-0.1, -0.05) is 13.8 Å². The van der Waals surface area contributed by atoms with Gasteiger partial charge >= 0.3 is 0 Å². The summed E-state index contributed by atoms with van der Waals surface area (Å²) < 4.78 is 0. The first-order valence-electron chi connectivity index (χ1n) is 13.7. The van der Waals surface area contributed by atoms with Gasteiger partial charge in [-0.25, -0.2) is 0 Å². The summed E-state index contributed by atoms with van der Waals surface area (Å²) in [5.74, 6) is 0.949. The van der Waals surface area contributed by atoms with Crippen molar-refractivity contribution in [3.8, 4) is 0 Å². The molecule has 0 aromatic rings. The van der Waals surface area contributed by atoms with E-state index in [2.05, 4.69) is 88.8 Å². The van der Waals surface area contributed by atoms with E-state index in [0.29, 0.717) is 28.5 Å². The van der Waals surface area contributed by atoms with E-state index in [1.165, 1.54) is 65.1 Å². The maximum Gasteiger partial charge on any atom is 0.0269 e. The summed E-state index contributed by atoms with van der Waals surface area (Å²) in [6.45, 7) is 33.6. The molecular weight excluding hydrogens is 392 g/mol. The monoisotopic (exact) mass is 446 g/mol. The Balaban J connectivity index is 1.31. The zero-order valence-corrected chi connectivity index (χ0v) is 23.2. The quantitative estimate of drug-likeness (QED) is 0.581. The number of hydrogen-bond acceptors (Lipinski definition) is 4. The molecule has 5 unspecified atom stereocenters. The fourth-order valence-electron chi connectivity index (χ4n) is 7.37. The van der Waals surface area contributed by atoms with E-state index in [1.54, 1.807) is 0 Å². The summed E-state index contributed by atoms with van der Waals surface area (Å²) >= 11 is 0. The van der Waals surface area contributed by atoms with Gasteiger partial charge in [-0.3, -0.25) is 19.6 Å². The first-order valence-corrected chi connectivity index (χ1v) is 13.7. The van der Waals surface area contributed by atoms with Crippen molar-refractivity contribution in [2.45, 2.75) is 118 Å². The van der Waals surface area contributed by atoms with Gasteiger partial charge in [-0.05, 0) is 87.1 Å². The summed E-state index contributed by atoms with van der Waals surface area (Å²) in [7, 11) is 0. The molecule has 5 atom stereocenters. The second-order valence-corrected chi connectivity index (χ2v) is 14.6. The van der Waals surface area contributed by atoms with Crippen molar-refractivity contribution in [1.82, 2.24) is 19.6 Å². The van der Waals surface area contributed by atoms with Crippen LogP contribution in [0.3, 0.4) is 0 Å². The van der Waals surface area contributed by atoms with Crippen LogP contribution in [0.1, 0.15) is 88.5 Å². The standard InChI is InChI=1S/C28H54N4/c1-21(2)29-14-12-23-15-32(24(23)16-29)26(7,8)13-11-22(3)30-17-27(9)19-31(25(4,5)6)20-28(27,10)18-30/h21-24H,11-20H2,1-10H3. The molecule has 4 fully saturated rings. The van der Waals surface area contributed by atoms with E-state index in [-0.39, 0.29) is 5.54 Å². The molecule has 4 aliphatic rings. The lowest BCUT2D eigenvalue weighted by Crippen LogP contribution is -2.70. The van der Waals surface area contributed by atoms with Crippen molar-refractivity contribution in [2.24, 2.45) is 16.7 Å². The highest BCUT2D eigenvalue weighted by molar-refractivity contribution is 5.12. The number of hydrogen-bond donors (Lipinski definition) is 0. The third-order valence-electron chi connectivity index (χ3n) is 10.5. The minimum absolute atomic E-state index is 0.288. The Labute approximate surface area is 200 Å². The van der Waals surface area contributed by atoms with Crippen LogP contribution in [0.25, 0.3) is 0 Å². The molecule has 4 heterocycles. The number of likely N-dealkylation sites (tertiary alicyclic amines) is 4. The zero-order valence-electron chi connectivity index (χ0n) is 23.2. The Bertz CT molecular complexity index is 661. The fraction of sp³-hybridized carbons (Fsp3) is 1.00. The van der Waals surface area contributed by atoms with Crippen molar-refractivity contribution in [3.63, 3.8) is 0 Å². The lowest BCUT2D eigenvalue weighted by Gasteiger charge is -2.60. The molecule has 0 bridgehead atoms. The van der Waals surface area contributed by atoms with Crippen LogP contribution in [0.2, 0.25) is 0 Å². The van der Waals surface area contributed by atoms with Crippen LogP contribution in [-0.4, -0.2) is 94.6 Å². The van der Waals surface area contributed by atoms with Crippen molar-refractivity contribution < 1.29 is 0 Å². The van der Waals surface area contributed by atoms with Gasteiger partial charge in [-0.15, -0.1) is 0 Å². The smallest absolute Gasteiger partial charge is 0.0269 e. The normalized spacial score (nSPS) is 38.7. The van der Waals surface area contributed by atoms with Crippen molar-refractivity contribution in [3.05, 3.63) is 0 Å². The minimum Gasteiger partial charge on any atom is -0.299 e. The van der Waals surface area contributed by atoms with Crippen LogP contribution < -0.4 is 0 Å². The fourth-order valence-corrected chi connectivity index (χ4v) is 7.37. The summed E-state index contributed by atoms with van der Waals surface area (Å²) in [6.07, 6.45) is 4.05. The average Bonchev–Trinajstić information content (AvgIpc) is 3.05. The molecule has 4 aliphatic heterocycles. The first-order chi connectivity index (χ1) is 14.7. The van der Waals surface area contributed by atoms with Gasteiger partial charge in [0.05, 0.1) is 0 Å². The van der Waals surface area contributed by atoms with E-state index in [4.69, 9.17) is 0 Å². The van der Waals surface area contributed by atoms with Crippen molar-refractivity contribution in [2.75, 3.05) is 45.8 Å². The third kappa shape index (κ3) is 4.32. The maximum atomic E-state index is 2.86. The Morgan fingerprint density at radius 2 is 1.44 bits per heavy atom. The Morgan fingerprint density at radius 1 is 0.844 bits per heavy atom. The summed E-state index contributed by atoms with van der Waals surface area (Å²) in [5.41, 5.74) is 1.46. The highest BCUT2D eigenvalue weighted by atomic mass is 15.3. The molecule has 4 rings (SSSR count). The highest BCUT2D eigenvalue weighted by Crippen LogP contribution is 2.53. The maximum absolute atomic E-state index is 2.86. The Morgan fingerprint density at radius 3 is 1.97 bits per heavy atom. The predicted molar refractivity (Wildman–Crippen MR) is 137 cm³/mol. The lowest BCUT2D eigenvalue weighted by atomic mass is 9.71. The molecule has 0 N–H and O–H groups in total. The molecule has 0 aromatic heterocycles. The van der Waals surface area contributed by atoms with Gasteiger partial charge in [0.15, 0.2) is 0 Å².